The van der Waals surface area contributed by atoms with E-state index in [4.69, 9.17) is 0 Å². The summed E-state index contributed by atoms with van der Waals surface area (Å²) in [6.07, 6.45) is 1.25. The van der Waals surface area contributed by atoms with E-state index in [0.717, 1.165) is 41.5 Å². The number of nitrogens with zero attached hydrogens (tertiary/aromatic N) is 3. The smallest absolute Gasteiger partial charge is 0.325 e. The fourth-order valence-corrected chi connectivity index (χ4v) is 7.35. The summed E-state index contributed by atoms with van der Waals surface area (Å²) in [5.74, 6) is -2.29. The van der Waals surface area contributed by atoms with E-state index in [1.807, 2.05) is 42.2 Å². The highest BCUT2D eigenvalue weighted by Gasteiger charge is 2.49. The van der Waals surface area contributed by atoms with E-state index in [0.29, 0.717) is 35.9 Å². The lowest BCUT2D eigenvalue weighted by Gasteiger charge is -2.42. The van der Waals surface area contributed by atoms with E-state index in [9.17, 15) is 14.3 Å². The van der Waals surface area contributed by atoms with E-state index >= 15 is 4.39 Å². The molecule has 2 amide bonds. The maximum absolute atomic E-state index is 15.6. The summed E-state index contributed by atoms with van der Waals surface area (Å²) in [5.41, 5.74) is 2.90. The third-order valence-electron chi connectivity index (χ3n) is 8.15. The Hall–Kier alpha value is -3.76. The molecule has 7 nitrogen and oxygen atoms in total. The largest absolute Gasteiger partial charge is 0.506 e. The fraction of sp³-hybridized carbons (Fsp3) is 0.375. The van der Waals surface area contributed by atoms with Crippen molar-refractivity contribution in [2.75, 3.05) is 41.7 Å². The van der Waals surface area contributed by atoms with Crippen LogP contribution in [0.15, 0.2) is 48.5 Å². The van der Waals surface area contributed by atoms with E-state index < -0.39 is 23.1 Å². The third kappa shape index (κ3) is 5.29. The number of fused-ring (bicyclic) bond motifs is 3. The molecule has 4 aromatic rings. The molecule has 0 atom stereocenters. The molecule has 3 N–H and O–H groups in total. The molecule has 2 aliphatic heterocycles. The molecule has 220 valence electrons. The van der Waals surface area contributed by atoms with Gasteiger partial charge in [-0.15, -0.1) is 0 Å². The van der Waals surface area contributed by atoms with Gasteiger partial charge in [0.05, 0.1) is 27.3 Å². The van der Waals surface area contributed by atoms with Crippen LogP contribution in [0.4, 0.5) is 35.8 Å². The number of anilines is 4. The second-order valence-corrected chi connectivity index (χ2v) is 13.7. The zero-order valence-electron chi connectivity index (χ0n) is 24.2. The number of likely N-dealkylation sites (tertiary alicyclic amines) is 1. The number of urea groups is 1. The standard InChI is InChI=1S/C32H35F2N5O2S/c1-19-9-10-22-25(15-19)42-30(36-22)37-29(41)35-21-7-5-6-8-23(21)39-18-32(11-13-38(14-12-32)17-31(2,3)4)26-27(34)20(33)16-24(40)28(26)39/h5-10,15-16,40H,11-14,17-18H2,1-4H3,(H2,35,36,37,41). The van der Waals surface area contributed by atoms with Crippen molar-refractivity contribution in [3.63, 3.8) is 0 Å². The number of amides is 2. The van der Waals surface area contributed by atoms with Crippen molar-refractivity contribution in [1.82, 2.24) is 9.88 Å². The lowest BCUT2D eigenvalue weighted by Crippen LogP contribution is -2.47. The first kappa shape index (κ1) is 28.4. The Morgan fingerprint density at radius 3 is 2.57 bits per heavy atom. The Bertz CT molecular complexity index is 1670. The molecule has 0 bridgehead atoms. The minimum atomic E-state index is -1.05. The number of aromatic hydroxyl groups is 1. The molecule has 2 aliphatic rings. The number of phenolic OH excluding ortho intramolecular Hbond substituents is 1. The highest BCUT2D eigenvalue weighted by molar-refractivity contribution is 7.22. The van der Waals surface area contributed by atoms with Crippen LogP contribution < -0.4 is 15.5 Å². The Labute approximate surface area is 248 Å². The van der Waals surface area contributed by atoms with Crippen LogP contribution in [0.2, 0.25) is 0 Å². The number of hydrogen-bond acceptors (Lipinski definition) is 6. The summed E-state index contributed by atoms with van der Waals surface area (Å²) in [6.45, 7) is 11.3. The monoisotopic (exact) mass is 591 g/mol. The lowest BCUT2D eigenvalue weighted by molar-refractivity contribution is 0.124. The average Bonchev–Trinajstić information content (AvgIpc) is 3.46. The van der Waals surface area contributed by atoms with Crippen molar-refractivity contribution in [2.45, 2.75) is 46.0 Å². The molecule has 0 radical (unpaired) electrons. The first-order valence-corrected chi connectivity index (χ1v) is 15.0. The molecule has 0 aliphatic carbocycles. The Balaban J connectivity index is 1.30. The normalized spacial score (nSPS) is 16.7. The number of carbonyl (C=O) groups is 1. The maximum Gasteiger partial charge on any atom is 0.325 e. The van der Waals surface area contributed by atoms with Gasteiger partial charge in [0, 0.05) is 30.1 Å². The van der Waals surface area contributed by atoms with Gasteiger partial charge in [0.25, 0.3) is 0 Å². The van der Waals surface area contributed by atoms with Crippen LogP contribution >= 0.6 is 11.3 Å². The lowest BCUT2D eigenvalue weighted by atomic mass is 9.73. The van der Waals surface area contributed by atoms with Crippen molar-refractivity contribution in [3.05, 3.63) is 71.3 Å². The molecule has 1 fully saturated rings. The minimum Gasteiger partial charge on any atom is -0.506 e. The molecule has 42 heavy (non-hydrogen) atoms. The van der Waals surface area contributed by atoms with Crippen LogP contribution in [0.3, 0.4) is 0 Å². The van der Waals surface area contributed by atoms with Gasteiger partial charge in [-0.2, -0.15) is 0 Å². The third-order valence-corrected chi connectivity index (χ3v) is 9.09. The summed E-state index contributed by atoms with van der Waals surface area (Å²) >= 11 is 1.39. The van der Waals surface area contributed by atoms with E-state index in [-0.39, 0.29) is 22.4 Å². The first-order valence-electron chi connectivity index (χ1n) is 14.2. The first-order chi connectivity index (χ1) is 19.9. The van der Waals surface area contributed by atoms with Crippen molar-refractivity contribution >= 4 is 49.8 Å². The molecule has 6 rings (SSSR count). The molecule has 1 spiro atoms. The zero-order chi connectivity index (χ0) is 29.8. The molecule has 0 saturated carbocycles. The van der Waals surface area contributed by atoms with Gasteiger partial charge in [-0.3, -0.25) is 5.32 Å². The predicted octanol–water partition coefficient (Wildman–Crippen LogP) is 7.76. The molecule has 0 unspecified atom stereocenters. The number of piperidine rings is 1. The zero-order valence-corrected chi connectivity index (χ0v) is 25.0. The highest BCUT2D eigenvalue weighted by atomic mass is 32.1. The highest BCUT2D eigenvalue weighted by Crippen LogP contribution is 2.55. The van der Waals surface area contributed by atoms with E-state index in [2.05, 4.69) is 41.3 Å². The molecule has 1 saturated heterocycles. The topological polar surface area (TPSA) is 80.7 Å². The van der Waals surface area contributed by atoms with Crippen LogP contribution in [-0.4, -0.2) is 47.2 Å². The van der Waals surface area contributed by atoms with Crippen molar-refractivity contribution < 1.29 is 18.7 Å². The SMILES string of the molecule is Cc1ccc2nc(NC(=O)Nc3ccccc3N3CC4(CCN(CC(C)(C)C)CC4)c4c(F)c(F)cc(O)c43)sc2c1. The Morgan fingerprint density at radius 2 is 1.83 bits per heavy atom. The number of nitrogens with one attached hydrogen (secondary N) is 2. The van der Waals surface area contributed by atoms with Gasteiger partial charge in [-0.05, 0) is 68.1 Å². The number of benzene rings is 3. The number of halogens is 2. The van der Waals surface area contributed by atoms with Crippen molar-refractivity contribution in [3.8, 4) is 5.75 Å². The predicted molar refractivity (Wildman–Crippen MR) is 165 cm³/mol. The minimum absolute atomic E-state index is 0.120. The van der Waals surface area contributed by atoms with Gasteiger partial charge in [0.15, 0.2) is 16.8 Å². The molecular formula is C32H35F2N5O2S. The van der Waals surface area contributed by atoms with Crippen LogP contribution in [0.1, 0.15) is 44.7 Å². The molecule has 3 aromatic carbocycles. The second-order valence-electron chi connectivity index (χ2n) is 12.7. The number of para-hydroxylation sites is 2. The Morgan fingerprint density at radius 1 is 1.10 bits per heavy atom. The molecular weight excluding hydrogens is 556 g/mol. The number of rotatable bonds is 4. The van der Waals surface area contributed by atoms with E-state index in [1.54, 1.807) is 12.1 Å². The summed E-state index contributed by atoms with van der Waals surface area (Å²) < 4.78 is 31.3. The fourth-order valence-electron chi connectivity index (χ4n) is 6.40. The van der Waals surface area contributed by atoms with Crippen molar-refractivity contribution in [2.24, 2.45) is 5.41 Å². The maximum atomic E-state index is 15.6. The van der Waals surface area contributed by atoms with Crippen LogP contribution in [0.25, 0.3) is 10.2 Å². The number of carbonyl (C=O) groups excluding carboxylic acids is 1. The summed E-state index contributed by atoms with van der Waals surface area (Å²) in [5, 5.41) is 17.2. The van der Waals surface area contributed by atoms with Crippen LogP contribution in [-0.2, 0) is 5.41 Å². The van der Waals surface area contributed by atoms with E-state index in [1.165, 1.54) is 11.3 Å². The van der Waals surface area contributed by atoms with Gasteiger partial charge in [0.1, 0.15) is 5.75 Å². The summed E-state index contributed by atoms with van der Waals surface area (Å²) in [6, 6.07) is 13.5. The average molecular weight is 592 g/mol. The van der Waals surface area contributed by atoms with Gasteiger partial charge in [-0.1, -0.05) is 50.3 Å². The number of aromatic nitrogens is 1. The van der Waals surface area contributed by atoms with Gasteiger partial charge < -0.3 is 20.2 Å². The van der Waals surface area contributed by atoms with Crippen LogP contribution in [0, 0.1) is 24.0 Å². The quantitative estimate of drug-likeness (QED) is 0.226. The second kappa shape index (κ2) is 10.5. The number of aryl methyl sites for hydroxylation is 1. The number of hydrogen-bond donors (Lipinski definition) is 3. The van der Waals surface area contributed by atoms with Gasteiger partial charge >= 0.3 is 6.03 Å². The number of thiazole rings is 1. The van der Waals surface area contributed by atoms with Gasteiger partial charge in [0.2, 0.25) is 0 Å². The molecule has 1 aromatic heterocycles. The summed E-state index contributed by atoms with van der Waals surface area (Å²) in [7, 11) is 0. The van der Waals surface area contributed by atoms with Crippen LogP contribution in [0.5, 0.6) is 5.75 Å². The molecule has 10 heteroatoms. The summed E-state index contributed by atoms with van der Waals surface area (Å²) in [4.78, 5) is 21.8. The van der Waals surface area contributed by atoms with Gasteiger partial charge in [-0.25, -0.2) is 18.6 Å². The Kier molecular flexibility index (Phi) is 7.09. The molecule has 3 heterocycles. The number of phenols is 1. The van der Waals surface area contributed by atoms with Crippen molar-refractivity contribution in [1.29, 1.82) is 0 Å².